The second-order valence-electron chi connectivity index (χ2n) is 6.97. The average Bonchev–Trinajstić information content (AvgIpc) is 2.82. The molecule has 4 heterocycles. The highest BCUT2D eigenvalue weighted by molar-refractivity contribution is 5.79. The molecular weight excluding hydrogens is 433 g/mol. The maximum Gasteiger partial charge on any atom is 0.230 e. The van der Waals surface area contributed by atoms with E-state index >= 15 is 0 Å². The molecule has 0 bridgehead atoms. The summed E-state index contributed by atoms with van der Waals surface area (Å²) in [7, 11) is 1.51. The van der Waals surface area contributed by atoms with Crippen LogP contribution < -0.4 is 26.0 Å². The van der Waals surface area contributed by atoms with E-state index in [1.54, 1.807) is 0 Å². The smallest absolute Gasteiger partial charge is 0.230 e. The van der Waals surface area contributed by atoms with E-state index < -0.39 is 11.7 Å². The Morgan fingerprint density at radius 3 is 2.73 bits per heavy atom. The topological polar surface area (TPSA) is 153 Å². The summed E-state index contributed by atoms with van der Waals surface area (Å²) in [4.78, 5) is 34.7. The number of morpholine rings is 1. The number of methoxy groups -OCH3 is 1. The lowest BCUT2D eigenvalue weighted by Crippen LogP contribution is -2.37. The molecule has 1 fully saturated rings. The van der Waals surface area contributed by atoms with Crippen molar-refractivity contribution < 1.29 is 18.7 Å². The molecule has 3 aromatic rings. The highest BCUT2D eigenvalue weighted by Crippen LogP contribution is 2.34. The fourth-order valence-corrected chi connectivity index (χ4v) is 3.23. The number of anilines is 5. The van der Waals surface area contributed by atoms with Crippen LogP contribution >= 0.6 is 0 Å². The van der Waals surface area contributed by atoms with E-state index in [9.17, 15) is 9.18 Å². The van der Waals surface area contributed by atoms with Crippen molar-refractivity contribution in [2.24, 2.45) is 5.73 Å². The van der Waals surface area contributed by atoms with Crippen LogP contribution in [0, 0.1) is 5.82 Å². The van der Waals surface area contributed by atoms with Gasteiger partial charge >= 0.3 is 0 Å². The number of rotatable bonds is 8. The first-order chi connectivity index (χ1) is 16.0. The standard InChI is InChI=1S/C20H22FN9O3/c1-32-15-18(25-11-26-19(15)30-5-7-33-8-6-30)27-16-12(9-14(22)31)10-24-20(28-16)29-17-13(21)3-2-4-23-17/h2-4,10-11H,5-9H2,1H3,(H2,22,31)(H2,23,24,25,26,27,28,29). The molecular formula is C20H22FN9O3. The summed E-state index contributed by atoms with van der Waals surface area (Å²) in [6.45, 7) is 2.45. The molecule has 0 aromatic carbocycles. The van der Waals surface area contributed by atoms with E-state index in [4.69, 9.17) is 15.2 Å². The fourth-order valence-electron chi connectivity index (χ4n) is 3.23. The summed E-state index contributed by atoms with van der Waals surface area (Å²) in [5.41, 5.74) is 5.80. The Morgan fingerprint density at radius 2 is 2.00 bits per heavy atom. The summed E-state index contributed by atoms with van der Waals surface area (Å²) in [6.07, 6.45) is 4.13. The van der Waals surface area contributed by atoms with E-state index in [0.717, 1.165) is 0 Å². The number of nitrogens with zero attached hydrogens (tertiary/aromatic N) is 6. The summed E-state index contributed by atoms with van der Waals surface area (Å²) >= 11 is 0. The van der Waals surface area contributed by atoms with Gasteiger partial charge in [0.1, 0.15) is 12.1 Å². The molecule has 1 amide bonds. The lowest BCUT2D eigenvalue weighted by molar-refractivity contribution is -0.117. The molecule has 0 aliphatic carbocycles. The Morgan fingerprint density at radius 1 is 1.18 bits per heavy atom. The van der Waals surface area contributed by atoms with Gasteiger partial charge in [0.2, 0.25) is 17.6 Å². The first kappa shape index (κ1) is 22.1. The molecule has 3 aromatic heterocycles. The number of carbonyl (C=O) groups is 1. The van der Waals surface area contributed by atoms with Gasteiger partial charge in [0, 0.05) is 31.0 Å². The van der Waals surface area contributed by atoms with Gasteiger partial charge in [-0.25, -0.2) is 24.3 Å². The van der Waals surface area contributed by atoms with Crippen molar-refractivity contribution in [1.82, 2.24) is 24.9 Å². The number of halogens is 1. The highest BCUT2D eigenvalue weighted by atomic mass is 19.1. The van der Waals surface area contributed by atoms with Gasteiger partial charge in [-0.15, -0.1) is 0 Å². The lowest BCUT2D eigenvalue weighted by atomic mass is 10.2. The molecule has 0 unspecified atom stereocenters. The predicted molar refractivity (Wildman–Crippen MR) is 117 cm³/mol. The molecule has 4 rings (SSSR count). The van der Waals surface area contributed by atoms with Gasteiger partial charge in [-0.05, 0) is 12.1 Å². The van der Waals surface area contributed by atoms with Crippen LogP contribution in [-0.2, 0) is 16.0 Å². The Bertz CT molecular complexity index is 1140. The van der Waals surface area contributed by atoms with Crippen LogP contribution in [0.25, 0.3) is 0 Å². The van der Waals surface area contributed by atoms with E-state index in [2.05, 4.69) is 35.6 Å². The Balaban J connectivity index is 1.68. The summed E-state index contributed by atoms with van der Waals surface area (Å²) < 4.78 is 25.0. The van der Waals surface area contributed by atoms with E-state index in [1.807, 2.05) is 4.90 Å². The summed E-state index contributed by atoms with van der Waals surface area (Å²) in [5.74, 6) is 0.447. The molecule has 0 spiro atoms. The number of ether oxygens (including phenoxy) is 2. The predicted octanol–water partition coefficient (Wildman–Crippen LogP) is 1.16. The highest BCUT2D eigenvalue weighted by Gasteiger charge is 2.22. The van der Waals surface area contributed by atoms with Crippen molar-refractivity contribution in [1.29, 1.82) is 0 Å². The third-order valence-electron chi connectivity index (χ3n) is 4.75. The number of aromatic nitrogens is 5. The Hall–Kier alpha value is -4.13. The largest absolute Gasteiger partial charge is 0.490 e. The number of nitrogens with one attached hydrogen (secondary N) is 2. The number of hydrogen-bond donors (Lipinski definition) is 3. The molecule has 0 saturated carbocycles. The van der Waals surface area contributed by atoms with E-state index in [-0.39, 0.29) is 24.0 Å². The average molecular weight is 455 g/mol. The van der Waals surface area contributed by atoms with Crippen LogP contribution in [-0.4, -0.2) is 64.2 Å². The molecule has 0 atom stereocenters. The number of pyridine rings is 1. The van der Waals surface area contributed by atoms with Gasteiger partial charge in [0.05, 0.1) is 26.7 Å². The van der Waals surface area contributed by atoms with Crippen molar-refractivity contribution >= 4 is 35.1 Å². The second kappa shape index (κ2) is 9.99. The van der Waals surface area contributed by atoms with Gasteiger partial charge in [-0.3, -0.25) is 4.79 Å². The molecule has 1 aliphatic rings. The normalized spacial score (nSPS) is 13.5. The van der Waals surface area contributed by atoms with Gasteiger partial charge in [-0.2, -0.15) is 4.98 Å². The third-order valence-corrected chi connectivity index (χ3v) is 4.75. The first-order valence-corrected chi connectivity index (χ1v) is 10.1. The van der Waals surface area contributed by atoms with E-state index in [1.165, 1.54) is 38.0 Å². The molecule has 4 N–H and O–H groups in total. The minimum atomic E-state index is -0.568. The fraction of sp³-hybridized carbons (Fsp3) is 0.300. The molecule has 12 nitrogen and oxygen atoms in total. The summed E-state index contributed by atoms with van der Waals surface area (Å²) in [5, 5.41) is 5.79. The zero-order valence-corrected chi connectivity index (χ0v) is 17.8. The maximum atomic E-state index is 14.0. The molecule has 13 heteroatoms. The number of carbonyl (C=O) groups excluding carboxylic acids is 1. The molecule has 0 radical (unpaired) electrons. The van der Waals surface area contributed by atoms with Crippen LogP contribution in [0.1, 0.15) is 5.56 Å². The number of nitrogens with two attached hydrogens (primary N) is 1. The minimum absolute atomic E-state index is 0.0414. The molecule has 1 saturated heterocycles. The van der Waals surface area contributed by atoms with Crippen LogP contribution in [0.15, 0.2) is 30.9 Å². The minimum Gasteiger partial charge on any atom is -0.490 e. The summed E-state index contributed by atoms with van der Waals surface area (Å²) in [6, 6.07) is 2.73. The Kier molecular flexibility index (Phi) is 6.69. The number of amides is 1. The molecule has 1 aliphatic heterocycles. The van der Waals surface area contributed by atoms with Gasteiger partial charge in [-0.1, -0.05) is 0 Å². The van der Waals surface area contributed by atoms with Crippen LogP contribution in [0.2, 0.25) is 0 Å². The first-order valence-electron chi connectivity index (χ1n) is 10.1. The number of hydrogen-bond acceptors (Lipinski definition) is 11. The van der Waals surface area contributed by atoms with Crippen LogP contribution in [0.3, 0.4) is 0 Å². The van der Waals surface area contributed by atoms with Crippen LogP contribution in [0.5, 0.6) is 5.75 Å². The molecule has 33 heavy (non-hydrogen) atoms. The second-order valence-corrected chi connectivity index (χ2v) is 6.97. The third kappa shape index (κ3) is 5.20. The SMILES string of the molecule is COc1c(Nc2nc(Nc3ncccc3F)ncc2CC(N)=O)ncnc1N1CCOCC1. The van der Waals surface area contributed by atoms with Crippen molar-refractivity contribution in [2.45, 2.75) is 6.42 Å². The van der Waals surface area contributed by atoms with Crippen molar-refractivity contribution in [3.05, 3.63) is 42.2 Å². The zero-order valence-electron chi connectivity index (χ0n) is 17.8. The number of primary amides is 1. The van der Waals surface area contributed by atoms with Crippen molar-refractivity contribution in [3.8, 4) is 5.75 Å². The molecule has 172 valence electrons. The van der Waals surface area contributed by atoms with Crippen LogP contribution in [0.4, 0.5) is 33.6 Å². The van der Waals surface area contributed by atoms with E-state index in [0.29, 0.717) is 49.3 Å². The van der Waals surface area contributed by atoms with Crippen molar-refractivity contribution in [3.63, 3.8) is 0 Å². The van der Waals surface area contributed by atoms with Gasteiger partial charge in [0.15, 0.2) is 23.3 Å². The Labute approximate surface area is 188 Å². The quantitative estimate of drug-likeness (QED) is 0.448. The zero-order chi connectivity index (χ0) is 23.2. The maximum absolute atomic E-state index is 14.0. The van der Waals surface area contributed by atoms with Gasteiger partial charge in [0.25, 0.3) is 0 Å². The van der Waals surface area contributed by atoms with Gasteiger partial charge < -0.3 is 30.7 Å². The monoisotopic (exact) mass is 455 g/mol. The van der Waals surface area contributed by atoms with Crippen molar-refractivity contribution in [2.75, 3.05) is 48.9 Å². The lowest BCUT2D eigenvalue weighted by Gasteiger charge is -2.29.